The van der Waals surface area contributed by atoms with Crippen molar-refractivity contribution in [3.63, 3.8) is 0 Å². The molecule has 34 heavy (non-hydrogen) atoms. The summed E-state index contributed by atoms with van der Waals surface area (Å²) in [5.74, 6) is 0.476. The molecule has 1 N–H and O–H groups in total. The van der Waals surface area contributed by atoms with Gasteiger partial charge < -0.3 is 24.3 Å². The summed E-state index contributed by atoms with van der Waals surface area (Å²) in [7, 11) is 0. The number of hydrogen-bond acceptors (Lipinski definition) is 8. The molecular formula is C24H30ClN3O6. The van der Waals surface area contributed by atoms with Gasteiger partial charge in [-0.15, -0.1) is 0 Å². The summed E-state index contributed by atoms with van der Waals surface area (Å²) in [6.45, 7) is 10.2. The number of carbonyl (C=O) groups excluding carboxylic acids is 2. The minimum atomic E-state index is -1.41. The molecule has 0 radical (unpaired) electrons. The molecule has 0 bridgehead atoms. The third-order valence-electron chi connectivity index (χ3n) is 4.35. The number of carbonyl (C=O) groups is 2. The minimum Gasteiger partial charge on any atom is -0.494 e. The largest absolute Gasteiger partial charge is 0.494 e. The first kappa shape index (κ1) is 26.9. The second kappa shape index (κ2) is 13.4. The molecule has 0 aliphatic rings. The van der Waals surface area contributed by atoms with Crippen LogP contribution in [0.15, 0.2) is 40.6 Å². The van der Waals surface area contributed by atoms with E-state index in [0.717, 1.165) is 0 Å². The zero-order valence-electron chi connectivity index (χ0n) is 20.0. The van der Waals surface area contributed by atoms with Gasteiger partial charge in [-0.1, -0.05) is 17.7 Å². The van der Waals surface area contributed by atoms with Crippen molar-refractivity contribution in [3.05, 3.63) is 35.4 Å². The Hall–Kier alpha value is -3.33. The van der Waals surface area contributed by atoms with Crippen LogP contribution in [0, 0.1) is 0 Å². The number of halogens is 1. The Morgan fingerprint density at radius 1 is 0.941 bits per heavy atom. The standard InChI is InChI=1S/C24H30ClN3O6/c1-6-31-16-13-17(25)22(20(14-16)33-8-3)26-24(30)21(15(5)29)28-27-18-11-10-12-19(32-7-2)23(18)34-9-4/h10-14,21H,6-9H2,1-5H3,(H,26,30). The minimum absolute atomic E-state index is 0.199. The summed E-state index contributed by atoms with van der Waals surface area (Å²) in [4.78, 5) is 25.2. The number of nitrogens with zero attached hydrogens (tertiary/aromatic N) is 2. The fourth-order valence-corrected chi connectivity index (χ4v) is 3.22. The predicted octanol–water partition coefficient (Wildman–Crippen LogP) is 5.61. The van der Waals surface area contributed by atoms with Crippen LogP contribution in [0.2, 0.25) is 5.02 Å². The van der Waals surface area contributed by atoms with Crippen LogP contribution in [0.4, 0.5) is 11.4 Å². The second-order valence-electron chi connectivity index (χ2n) is 6.83. The number of hydrogen-bond donors (Lipinski definition) is 1. The van der Waals surface area contributed by atoms with Gasteiger partial charge in [0.2, 0.25) is 6.04 Å². The summed E-state index contributed by atoms with van der Waals surface area (Å²) >= 11 is 6.37. The summed E-state index contributed by atoms with van der Waals surface area (Å²) in [6.07, 6.45) is 0. The molecule has 0 fully saturated rings. The molecule has 184 valence electrons. The smallest absolute Gasteiger partial charge is 0.258 e. The Labute approximate surface area is 204 Å². The molecule has 2 aromatic carbocycles. The van der Waals surface area contributed by atoms with Crippen molar-refractivity contribution in [3.8, 4) is 23.0 Å². The molecule has 0 heterocycles. The van der Waals surface area contributed by atoms with Gasteiger partial charge in [-0.05, 0) is 46.8 Å². The molecule has 0 saturated heterocycles. The van der Waals surface area contributed by atoms with E-state index in [9.17, 15) is 9.59 Å². The highest BCUT2D eigenvalue weighted by Crippen LogP contribution is 2.39. The summed E-state index contributed by atoms with van der Waals surface area (Å²) in [6, 6.07) is 6.88. The highest BCUT2D eigenvalue weighted by Gasteiger charge is 2.26. The maximum atomic E-state index is 13.0. The van der Waals surface area contributed by atoms with Crippen molar-refractivity contribution < 1.29 is 28.5 Å². The molecule has 2 aromatic rings. The van der Waals surface area contributed by atoms with Crippen molar-refractivity contribution in [1.82, 2.24) is 0 Å². The van der Waals surface area contributed by atoms with Gasteiger partial charge in [0.25, 0.3) is 5.91 Å². The van der Waals surface area contributed by atoms with Crippen molar-refractivity contribution in [2.75, 3.05) is 31.7 Å². The number of anilines is 1. The third kappa shape index (κ3) is 7.08. The number of rotatable bonds is 13. The maximum absolute atomic E-state index is 13.0. The van der Waals surface area contributed by atoms with Gasteiger partial charge in [-0.3, -0.25) is 9.59 Å². The zero-order valence-corrected chi connectivity index (χ0v) is 20.8. The van der Waals surface area contributed by atoms with E-state index in [1.54, 1.807) is 37.3 Å². The first-order chi connectivity index (χ1) is 16.4. The summed E-state index contributed by atoms with van der Waals surface area (Å²) in [5, 5.41) is 11.0. The lowest BCUT2D eigenvalue weighted by molar-refractivity contribution is -0.126. The lowest BCUT2D eigenvalue weighted by Gasteiger charge is -2.16. The van der Waals surface area contributed by atoms with Crippen LogP contribution in [-0.4, -0.2) is 44.2 Å². The fourth-order valence-electron chi connectivity index (χ4n) is 2.97. The quantitative estimate of drug-likeness (QED) is 0.288. The Morgan fingerprint density at radius 3 is 2.21 bits per heavy atom. The molecule has 1 amide bonds. The first-order valence-electron chi connectivity index (χ1n) is 11.1. The van der Waals surface area contributed by atoms with E-state index in [4.69, 9.17) is 30.5 Å². The number of amides is 1. The SMILES string of the molecule is CCOc1cc(Cl)c(NC(=O)C(N=Nc2cccc(OCC)c2OCC)C(C)=O)c(OCC)c1. The Bertz CT molecular complexity index is 1030. The third-order valence-corrected chi connectivity index (χ3v) is 4.65. The molecule has 0 spiro atoms. The molecule has 10 heteroatoms. The van der Waals surface area contributed by atoms with Gasteiger partial charge in [0, 0.05) is 12.1 Å². The number of nitrogens with one attached hydrogen (secondary N) is 1. The molecule has 9 nitrogen and oxygen atoms in total. The van der Waals surface area contributed by atoms with E-state index in [-0.39, 0.29) is 10.7 Å². The van der Waals surface area contributed by atoms with E-state index in [0.29, 0.717) is 55.1 Å². The topological polar surface area (TPSA) is 108 Å². The molecule has 0 saturated carbocycles. The summed E-state index contributed by atoms with van der Waals surface area (Å²) < 4.78 is 22.3. The number of ketones is 1. The van der Waals surface area contributed by atoms with Crippen LogP contribution < -0.4 is 24.3 Å². The number of azo groups is 1. The number of ether oxygens (including phenoxy) is 4. The molecular weight excluding hydrogens is 462 g/mol. The average molecular weight is 492 g/mol. The molecule has 0 aliphatic heterocycles. The van der Waals surface area contributed by atoms with Gasteiger partial charge in [-0.25, -0.2) is 0 Å². The van der Waals surface area contributed by atoms with Crippen LogP contribution in [0.25, 0.3) is 0 Å². The van der Waals surface area contributed by atoms with Gasteiger partial charge in [0.1, 0.15) is 22.9 Å². The lowest BCUT2D eigenvalue weighted by atomic mass is 10.2. The normalized spacial score (nSPS) is 11.7. The molecule has 2 rings (SSSR count). The van der Waals surface area contributed by atoms with E-state index in [1.165, 1.54) is 6.92 Å². The number of para-hydroxylation sites is 1. The average Bonchev–Trinajstić information content (AvgIpc) is 2.78. The number of Topliss-reactive ketones (excluding diaryl/α,β-unsaturated/α-hetero) is 1. The van der Waals surface area contributed by atoms with Crippen molar-refractivity contribution in [1.29, 1.82) is 0 Å². The van der Waals surface area contributed by atoms with Crippen molar-refractivity contribution in [2.24, 2.45) is 10.2 Å². The van der Waals surface area contributed by atoms with Gasteiger partial charge in [0.05, 0.1) is 31.5 Å². The molecule has 1 atom stereocenters. The van der Waals surface area contributed by atoms with E-state index >= 15 is 0 Å². The lowest BCUT2D eigenvalue weighted by Crippen LogP contribution is -2.32. The zero-order chi connectivity index (χ0) is 25.1. The first-order valence-corrected chi connectivity index (χ1v) is 11.4. The van der Waals surface area contributed by atoms with Gasteiger partial charge >= 0.3 is 0 Å². The molecule has 0 aromatic heterocycles. The van der Waals surface area contributed by atoms with E-state index in [2.05, 4.69) is 15.5 Å². The second-order valence-corrected chi connectivity index (χ2v) is 7.24. The summed E-state index contributed by atoms with van der Waals surface area (Å²) in [5.41, 5.74) is 0.549. The molecule has 1 unspecified atom stereocenters. The van der Waals surface area contributed by atoms with Gasteiger partial charge in [-0.2, -0.15) is 10.2 Å². The van der Waals surface area contributed by atoms with Gasteiger partial charge in [0.15, 0.2) is 17.3 Å². The van der Waals surface area contributed by atoms with Crippen LogP contribution in [0.3, 0.4) is 0 Å². The number of benzene rings is 2. The van der Waals surface area contributed by atoms with E-state index < -0.39 is 17.7 Å². The van der Waals surface area contributed by atoms with Crippen molar-refractivity contribution in [2.45, 2.75) is 40.7 Å². The van der Waals surface area contributed by atoms with Crippen LogP contribution >= 0.6 is 11.6 Å². The van der Waals surface area contributed by atoms with Crippen molar-refractivity contribution >= 4 is 34.7 Å². The fraction of sp³-hybridized carbons (Fsp3) is 0.417. The van der Waals surface area contributed by atoms with E-state index in [1.807, 2.05) is 20.8 Å². The highest BCUT2D eigenvalue weighted by atomic mass is 35.5. The van der Waals surface area contributed by atoms with Crippen LogP contribution in [0.1, 0.15) is 34.6 Å². The monoisotopic (exact) mass is 491 g/mol. The predicted molar refractivity (Wildman–Crippen MR) is 130 cm³/mol. The van der Waals surface area contributed by atoms with Crippen LogP contribution in [0.5, 0.6) is 23.0 Å². The Balaban J connectivity index is 2.35. The Morgan fingerprint density at radius 2 is 1.59 bits per heavy atom. The molecule has 0 aliphatic carbocycles. The van der Waals surface area contributed by atoms with Crippen LogP contribution in [-0.2, 0) is 9.59 Å². The maximum Gasteiger partial charge on any atom is 0.258 e. The highest BCUT2D eigenvalue weighted by molar-refractivity contribution is 6.34. The Kier molecular flexibility index (Phi) is 10.6.